The Balaban J connectivity index is 2.65. The number of oxime groups is 1. The summed E-state index contributed by atoms with van der Waals surface area (Å²) in [6.07, 6.45) is 1.88. The minimum Gasteiger partial charge on any atom is -0.410 e. The summed E-state index contributed by atoms with van der Waals surface area (Å²) in [4.78, 5) is 0. The largest absolute Gasteiger partial charge is 0.410 e. The topological polar surface area (TPSA) is 39.1 Å². The van der Waals surface area contributed by atoms with Crippen LogP contribution >= 0.6 is 24.2 Å². The molecular weight excluding hydrogens is 210 g/mol. The zero-order chi connectivity index (χ0) is 9.84. The monoisotopic (exact) mass is 221 g/mol. The van der Waals surface area contributed by atoms with Crippen molar-refractivity contribution < 1.29 is 5.21 Å². The summed E-state index contributed by atoms with van der Waals surface area (Å²) in [5.74, 6) is 0.562. The van der Waals surface area contributed by atoms with E-state index in [4.69, 9.17) is 16.8 Å². The standard InChI is InChI=1S/C7H12ClN3OS/c1-10-4-6(7(13)9-12)5-11(10)3-2-8/h5,12H,2-4H2,1H3,(H,9,13). The maximum atomic E-state index is 8.51. The van der Waals surface area contributed by atoms with E-state index in [9.17, 15) is 0 Å². The third-order valence-electron chi connectivity index (χ3n) is 1.84. The van der Waals surface area contributed by atoms with Crippen molar-refractivity contribution in [3.8, 4) is 0 Å². The Kier molecular flexibility index (Phi) is 3.90. The Hall–Kier alpha value is -0.390. The molecule has 0 saturated heterocycles. The van der Waals surface area contributed by atoms with Crippen molar-refractivity contribution >= 4 is 29.3 Å². The van der Waals surface area contributed by atoms with Crippen LogP contribution in [0, 0.1) is 0 Å². The zero-order valence-corrected chi connectivity index (χ0v) is 8.96. The fraction of sp³-hybridized carbons (Fsp3) is 0.571. The molecule has 0 aromatic heterocycles. The van der Waals surface area contributed by atoms with Gasteiger partial charge in [-0.25, -0.2) is 5.01 Å². The predicted molar refractivity (Wildman–Crippen MR) is 56.3 cm³/mol. The lowest BCUT2D eigenvalue weighted by Gasteiger charge is -2.23. The summed E-state index contributed by atoms with van der Waals surface area (Å²) in [7, 11) is 1.94. The molecule has 74 valence electrons. The molecule has 1 N–H and O–H groups in total. The average Bonchev–Trinajstić information content (AvgIpc) is 2.47. The minimum absolute atomic E-state index is 0.351. The van der Waals surface area contributed by atoms with Gasteiger partial charge in [-0.2, -0.15) is 0 Å². The number of nitrogens with zero attached hydrogens (tertiary/aromatic N) is 3. The Morgan fingerprint density at radius 2 is 2.54 bits per heavy atom. The molecule has 0 saturated carbocycles. The molecule has 0 radical (unpaired) electrons. The predicted octanol–water partition coefficient (Wildman–Crippen LogP) is 0.989. The number of hydrogen-bond donors (Lipinski definition) is 2. The molecule has 0 bridgehead atoms. The van der Waals surface area contributed by atoms with Gasteiger partial charge in [0.05, 0.1) is 0 Å². The van der Waals surface area contributed by atoms with Gasteiger partial charge in [0, 0.05) is 37.8 Å². The second-order valence-corrected chi connectivity index (χ2v) is 3.55. The van der Waals surface area contributed by atoms with Crippen molar-refractivity contribution in [2.45, 2.75) is 0 Å². The maximum Gasteiger partial charge on any atom is 0.138 e. The van der Waals surface area contributed by atoms with Gasteiger partial charge in [-0.1, -0.05) is 5.16 Å². The Morgan fingerprint density at radius 3 is 3.08 bits per heavy atom. The van der Waals surface area contributed by atoms with Crippen LogP contribution in [-0.2, 0) is 0 Å². The van der Waals surface area contributed by atoms with Gasteiger partial charge in [-0.15, -0.1) is 24.2 Å². The van der Waals surface area contributed by atoms with Crippen molar-refractivity contribution in [1.82, 2.24) is 10.0 Å². The number of thiol groups is 1. The first-order chi connectivity index (χ1) is 6.19. The van der Waals surface area contributed by atoms with Gasteiger partial charge in [0.2, 0.25) is 0 Å². The summed E-state index contributed by atoms with van der Waals surface area (Å²) in [6.45, 7) is 1.44. The molecule has 1 aliphatic rings. The van der Waals surface area contributed by atoms with Crippen molar-refractivity contribution in [3.05, 3.63) is 11.8 Å². The molecule has 0 aromatic rings. The summed E-state index contributed by atoms with van der Waals surface area (Å²) in [5, 5.41) is 15.8. The van der Waals surface area contributed by atoms with Crippen LogP contribution in [-0.4, -0.2) is 46.3 Å². The van der Waals surface area contributed by atoms with Gasteiger partial charge in [-0.05, 0) is 0 Å². The van der Waals surface area contributed by atoms with Gasteiger partial charge in [0.1, 0.15) is 5.04 Å². The van der Waals surface area contributed by atoms with E-state index in [1.165, 1.54) is 0 Å². The van der Waals surface area contributed by atoms with Crippen LogP contribution in [0.1, 0.15) is 0 Å². The number of hydrazine groups is 1. The number of rotatable bonds is 3. The van der Waals surface area contributed by atoms with Crippen molar-refractivity contribution in [3.63, 3.8) is 0 Å². The van der Waals surface area contributed by atoms with E-state index in [1.807, 2.05) is 23.3 Å². The Bertz CT molecular complexity index is 244. The SMILES string of the molecule is CN1CC(C(S)=NO)=CN1CCCl. The lowest BCUT2D eigenvalue weighted by atomic mass is 10.3. The van der Waals surface area contributed by atoms with E-state index in [0.717, 1.165) is 12.1 Å². The summed E-state index contributed by atoms with van der Waals surface area (Å²) in [5.41, 5.74) is 0.887. The first-order valence-corrected chi connectivity index (χ1v) is 4.83. The first-order valence-electron chi connectivity index (χ1n) is 3.84. The molecule has 0 unspecified atom stereocenters. The first kappa shape index (κ1) is 10.7. The lowest BCUT2D eigenvalue weighted by molar-refractivity contribution is 0.0914. The van der Waals surface area contributed by atoms with Crippen molar-refractivity contribution in [1.29, 1.82) is 0 Å². The zero-order valence-electron chi connectivity index (χ0n) is 7.31. The molecule has 0 fully saturated rings. The van der Waals surface area contributed by atoms with E-state index in [1.54, 1.807) is 0 Å². The molecule has 6 heteroatoms. The highest BCUT2D eigenvalue weighted by atomic mass is 35.5. The Morgan fingerprint density at radius 1 is 1.85 bits per heavy atom. The van der Waals surface area contributed by atoms with Gasteiger partial charge < -0.3 is 10.2 Å². The average molecular weight is 222 g/mol. The second kappa shape index (κ2) is 4.74. The quantitative estimate of drug-likeness (QED) is 0.187. The Labute approximate surface area is 87.8 Å². The fourth-order valence-electron chi connectivity index (χ4n) is 1.17. The van der Waals surface area contributed by atoms with E-state index < -0.39 is 0 Å². The molecule has 4 nitrogen and oxygen atoms in total. The molecule has 1 aliphatic heterocycles. The number of likely N-dealkylation sites (N-methyl/N-ethyl adjacent to an activating group) is 1. The van der Waals surface area contributed by atoms with Crippen LogP contribution in [0.25, 0.3) is 0 Å². The summed E-state index contributed by atoms with van der Waals surface area (Å²) in [6, 6.07) is 0. The van der Waals surface area contributed by atoms with E-state index in [2.05, 4.69) is 17.8 Å². The third-order valence-corrected chi connectivity index (χ3v) is 2.38. The molecule has 0 aromatic carbocycles. The van der Waals surface area contributed by atoms with Crippen LogP contribution in [0.4, 0.5) is 0 Å². The van der Waals surface area contributed by atoms with Crippen molar-refractivity contribution in [2.24, 2.45) is 5.16 Å². The lowest BCUT2D eigenvalue weighted by Crippen LogP contribution is -2.33. The summed E-state index contributed by atoms with van der Waals surface area (Å²) >= 11 is 9.63. The highest BCUT2D eigenvalue weighted by Crippen LogP contribution is 2.15. The highest BCUT2D eigenvalue weighted by Gasteiger charge is 2.19. The molecule has 13 heavy (non-hydrogen) atoms. The molecule has 0 spiro atoms. The number of alkyl halides is 1. The van der Waals surface area contributed by atoms with E-state index in [-0.39, 0.29) is 0 Å². The molecule has 0 aliphatic carbocycles. The minimum atomic E-state index is 0.351. The smallest absolute Gasteiger partial charge is 0.138 e. The number of hydrogen-bond acceptors (Lipinski definition) is 4. The summed E-state index contributed by atoms with van der Waals surface area (Å²) < 4.78 is 0. The normalized spacial score (nSPS) is 19.5. The second-order valence-electron chi connectivity index (χ2n) is 2.75. The molecule has 1 heterocycles. The van der Waals surface area contributed by atoms with E-state index >= 15 is 0 Å². The van der Waals surface area contributed by atoms with Gasteiger partial charge in [-0.3, -0.25) is 0 Å². The highest BCUT2D eigenvalue weighted by molar-refractivity contribution is 7.97. The van der Waals surface area contributed by atoms with Crippen LogP contribution < -0.4 is 0 Å². The fourth-order valence-corrected chi connectivity index (χ4v) is 1.47. The maximum absolute atomic E-state index is 8.51. The van der Waals surface area contributed by atoms with Crippen molar-refractivity contribution in [2.75, 3.05) is 26.0 Å². The van der Waals surface area contributed by atoms with Gasteiger partial charge in [0.15, 0.2) is 0 Å². The third kappa shape index (κ3) is 2.52. The van der Waals surface area contributed by atoms with E-state index in [0.29, 0.717) is 17.5 Å². The van der Waals surface area contributed by atoms with Gasteiger partial charge >= 0.3 is 0 Å². The molecule has 0 amide bonds. The molecule has 0 atom stereocenters. The molecular formula is C7H12ClN3OS. The number of halogens is 1. The van der Waals surface area contributed by atoms with Crippen LogP contribution in [0.3, 0.4) is 0 Å². The van der Waals surface area contributed by atoms with Crippen LogP contribution in [0.5, 0.6) is 0 Å². The molecule has 1 rings (SSSR count). The van der Waals surface area contributed by atoms with Crippen LogP contribution in [0.2, 0.25) is 0 Å². The van der Waals surface area contributed by atoms with Crippen LogP contribution in [0.15, 0.2) is 16.9 Å². The van der Waals surface area contributed by atoms with Gasteiger partial charge in [0.25, 0.3) is 0 Å².